The zero-order valence-corrected chi connectivity index (χ0v) is 12.5. The van der Waals surface area contributed by atoms with Gasteiger partial charge in [-0.1, -0.05) is 12.1 Å². The molecule has 0 radical (unpaired) electrons. The van der Waals surface area contributed by atoms with Gasteiger partial charge >= 0.3 is 0 Å². The van der Waals surface area contributed by atoms with E-state index in [4.69, 9.17) is 0 Å². The molecule has 0 bridgehead atoms. The predicted molar refractivity (Wildman–Crippen MR) is 83.8 cm³/mol. The van der Waals surface area contributed by atoms with Crippen LogP contribution < -0.4 is 5.56 Å². The summed E-state index contributed by atoms with van der Waals surface area (Å²) in [5, 5.41) is 4.17. The predicted octanol–water partition coefficient (Wildman–Crippen LogP) is 3.02. The number of aryl methyl sites for hydroxylation is 2. The van der Waals surface area contributed by atoms with E-state index in [-0.39, 0.29) is 5.56 Å². The third-order valence-corrected chi connectivity index (χ3v) is 3.62. The minimum absolute atomic E-state index is 0.138. The van der Waals surface area contributed by atoms with Crippen LogP contribution in [0.15, 0.2) is 53.7 Å². The highest BCUT2D eigenvalue weighted by molar-refractivity contribution is 5.65. The third kappa shape index (κ3) is 2.57. The topological polar surface area (TPSA) is 39.8 Å². The van der Waals surface area contributed by atoms with E-state index in [1.807, 2.05) is 20.2 Å². The summed E-state index contributed by atoms with van der Waals surface area (Å²) >= 11 is 0. The maximum absolute atomic E-state index is 12.8. The van der Waals surface area contributed by atoms with Gasteiger partial charge in [0.1, 0.15) is 6.67 Å². The van der Waals surface area contributed by atoms with Crippen LogP contribution in [0.3, 0.4) is 0 Å². The summed E-state index contributed by atoms with van der Waals surface area (Å²) in [7, 11) is 1.85. The second-order valence-electron chi connectivity index (χ2n) is 5.28. The molecule has 0 saturated carbocycles. The van der Waals surface area contributed by atoms with Crippen LogP contribution in [0, 0.1) is 6.92 Å². The first-order valence-corrected chi connectivity index (χ1v) is 6.96. The molecule has 0 spiro atoms. The van der Waals surface area contributed by atoms with Gasteiger partial charge in [-0.25, -0.2) is 4.39 Å². The number of pyridine rings is 1. The lowest BCUT2D eigenvalue weighted by Gasteiger charge is -2.11. The molecule has 0 aliphatic heterocycles. The quantitative estimate of drug-likeness (QED) is 0.745. The molecule has 112 valence electrons. The Bertz CT molecular complexity index is 880. The number of halogens is 1. The minimum Gasteiger partial charge on any atom is -0.284 e. The summed E-state index contributed by atoms with van der Waals surface area (Å²) in [4.78, 5) is 12.3. The lowest BCUT2D eigenvalue weighted by Crippen LogP contribution is -2.17. The number of rotatable bonds is 3. The highest BCUT2D eigenvalue weighted by atomic mass is 19.1. The van der Waals surface area contributed by atoms with E-state index >= 15 is 0 Å². The van der Waals surface area contributed by atoms with Crippen LogP contribution in [-0.2, 0) is 13.7 Å². The van der Waals surface area contributed by atoms with Gasteiger partial charge in [0, 0.05) is 42.3 Å². The Hall–Kier alpha value is -2.69. The summed E-state index contributed by atoms with van der Waals surface area (Å²) in [6.45, 7) is 1.34. The number of benzene rings is 1. The first kappa shape index (κ1) is 14.3. The van der Waals surface area contributed by atoms with Gasteiger partial charge < -0.3 is 0 Å². The highest BCUT2D eigenvalue weighted by Crippen LogP contribution is 2.22. The van der Waals surface area contributed by atoms with Gasteiger partial charge in [-0.15, -0.1) is 0 Å². The van der Waals surface area contributed by atoms with Crippen molar-refractivity contribution in [1.82, 2.24) is 14.3 Å². The molecule has 0 atom stereocenters. The van der Waals surface area contributed by atoms with E-state index in [9.17, 15) is 9.18 Å². The molecular formula is C17H16FN3O. The molecule has 4 nitrogen and oxygen atoms in total. The molecule has 3 rings (SSSR count). The summed E-state index contributed by atoms with van der Waals surface area (Å²) in [6, 6.07) is 8.52. The molecule has 0 aliphatic carbocycles. The number of alkyl halides is 1. The van der Waals surface area contributed by atoms with E-state index in [0.717, 1.165) is 16.7 Å². The van der Waals surface area contributed by atoms with E-state index in [0.29, 0.717) is 11.3 Å². The zero-order chi connectivity index (χ0) is 15.7. The van der Waals surface area contributed by atoms with Crippen LogP contribution in [-0.4, -0.2) is 14.3 Å². The van der Waals surface area contributed by atoms with Crippen molar-refractivity contribution in [2.45, 2.75) is 13.6 Å². The van der Waals surface area contributed by atoms with E-state index < -0.39 is 6.67 Å². The molecule has 2 aromatic heterocycles. The van der Waals surface area contributed by atoms with Gasteiger partial charge in [-0.2, -0.15) is 5.10 Å². The fourth-order valence-corrected chi connectivity index (χ4v) is 2.48. The van der Waals surface area contributed by atoms with Gasteiger partial charge in [-0.3, -0.25) is 14.0 Å². The molecule has 22 heavy (non-hydrogen) atoms. The standard InChI is InChI=1S/C17H16FN3O/c1-12-6-17(22)21(15-5-3-4-13(7-15)8-18)11-16(12)14-9-19-20(2)10-14/h3-7,9-11H,8H2,1-2H3. The molecule has 2 heterocycles. The normalized spacial score (nSPS) is 10.9. The van der Waals surface area contributed by atoms with Crippen molar-refractivity contribution in [3.8, 4) is 16.8 Å². The molecule has 0 unspecified atom stereocenters. The van der Waals surface area contributed by atoms with Gasteiger partial charge in [0.15, 0.2) is 0 Å². The summed E-state index contributed by atoms with van der Waals surface area (Å²) in [5.74, 6) is 0. The fourth-order valence-electron chi connectivity index (χ4n) is 2.48. The highest BCUT2D eigenvalue weighted by Gasteiger charge is 2.09. The monoisotopic (exact) mass is 297 g/mol. The van der Waals surface area contributed by atoms with Gasteiger partial charge in [0.2, 0.25) is 0 Å². The van der Waals surface area contributed by atoms with Crippen LogP contribution in [0.5, 0.6) is 0 Å². The van der Waals surface area contributed by atoms with Crippen molar-refractivity contribution in [2.75, 3.05) is 0 Å². The second kappa shape index (κ2) is 5.60. The Morgan fingerprint density at radius 2 is 2.05 bits per heavy atom. The first-order valence-electron chi connectivity index (χ1n) is 6.96. The first-order chi connectivity index (χ1) is 10.6. The summed E-state index contributed by atoms with van der Waals surface area (Å²) in [5.41, 5.74) is 3.82. The van der Waals surface area contributed by atoms with Crippen molar-refractivity contribution in [3.63, 3.8) is 0 Å². The zero-order valence-electron chi connectivity index (χ0n) is 12.5. The smallest absolute Gasteiger partial charge is 0.255 e. The SMILES string of the molecule is Cc1cc(=O)n(-c2cccc(CF)c2)cc1-c1cnn(C)c1. The Balaban J connectivity index is 2.18. The van der Waals surface area contributed by atoms with Crippen molar-refractivity contribution in [3.05, 3.63) is 70.4 Å². The maximum Gasteiger partial charge on any atom is 0.255 e. The molecule has 0 aliphatic rings. The van der Waals surface area contributed by atoms with Crippen molar-refractivity contribution < 1.29 is 4.39 Å². The molecular weight excluding hydrogens is 281 g/mol. The molecule has 0 fully saturated rings. The van der Waals surface area contributed by atoms with E-state index in [1.165, 1.54) is 4.57 Å². The van der Waals surface area contributed by atoms with Crippen LogP contribution in [0.2, 0.25) is 0 Å². The third-order valence-electron chi connectivity index (χ3n) is 3.62. The van der Waals surface area contributed by atoms with Crippen LogP contribution in [0.4, 0.5) is 4.39 Å². The van der Waals surface area contributed by atoms with Gasteiger partial charge in [0.05, 0.1) is 6.20 Å². The average Bonchev–Trinajstić information content (AvgIpc) is 2.93. The molecule has 0 saturated heterocycles. The van der Waals surface area contributed by atoms with Crippen molar-refractivity contribution >= 4 is 0 Å². The molecule has 3 aromatic rings. The van der Waals surface area contributed by atoms with Crippen molar-refractivity contribution in [2.24, 2.45) is 7.05 Å². The Kier molecular flexibility index (Phi) is 3.63. The van der Waals surface area contributed by atoms with Crippen molar-refractivity contribution in [1.29, 1.82) is 0 Å². The summed E-state index contributed by atoms with van der Waals surface area (Å²) in [6.07, 6.45) is 5.44. The van der Waals surface area contributed by atoms with Gasteiger partial charge in [-0.05, 0) is 30.2 Å². The Morgan fingerprint density at radius 1 is 1.23 bits per heavy atom. The Labute approximate surface area is 127 Å². The summed E-state index contributed by atoms with van der Waals surface area (Å²) < 4.78 is 16.1. The number of nitrogens with zero attached hydrogens (tertiary/aromatic N) is 3. The average molecular weight is 297 g/mol. The number of hydrogen-bond donors (Lipinski definition) is 0. The van der Waals surface area contributed by atoms with Crippen LogP contribution >= 0.6 is 0 Å². The molecule has 0 N–H and O–H groups in total. The van der Waals surface area contributed by atoms with Crippen LogP contribution in [0.1, 0.15) is 11.1 Å². The number of aromatic nitrogens is 3. The van der Waals surface area contributed by atoms with Crippen LogP contribution in [0.25, 0.3) is 16.8 Å². The lowest BCUT2D eigenvalue weighted by molar-refractivity contribution is 0.485. The second-order valence-corrected chi connectivity index (χ2v) is 5.28. The largest absolute Gasteiger partial charge is 0.284 e. The maximum atomic E-state index is 12.8. The number of hydrogen-bond acceptors (Lipinski definition) is 2. The van der Waals surface area contributed by atoms with Gasteiger partial charge in [0.25, 0.3) is 5.56 Å². The molecule has 0 amide bonds. The minimum atomic E-state index is -0.552. The van der Waals surface area contributed by atoms with E-state index in [1.54, 1.807) is 47.4 Å². The Morgan fingerprint density at radius 3 is 2.73 bits per heavy atom. The lowest BCUT2D eigenvalue weighted by atomic mass is 10.1. The fraction of sp³-hybridized carbons (Fsp3) is 0.176. The molecule has 5 heteroatoms. The van der Waals surface area contributed by atoms with E-state index in [2.05, 4.69) is 5.10 Å². The molecule has 1 aromatic carbocycles.